The topological polar surface area (TPSA) is 125 Å². The fourth-order valence-corrected chi connectivity index (χ4v) is 4.56. The lowest BCUT2D eigenvalue weighted by Gasteiger charge is -2.26. The summed E-state index contributed by atoms with van der Waals surface area (Å²) >= 11 is 0. The van der Waals surface area contributed by atoms with Gasteiger partial charge in [-0.1, -0.05) is 24.3 Å². The lowest BCUT2D eigenvalue weighted by molar-refractivity contribution is 0.0486. The molecule has 36 heavy (non-hydrogen) atoms. The van der Waals surface area contributed by atoms with Crippen LogP contribution in [0.5, 0.6) is 17.5 Å². The molecule has 0 spiro atoms. The summed E-state index contributed by atoms with van der Waals surface area (Å²) in [6, 6.07) is 17.2. The van der Waals surface area contributed by atoms with Crippen LogP contribution in [0.1, 0.15) is 11.1 Å². The Morgan fingerprint density at radius 3 is 2.92 bits per heavy atom. The minimum atomic E-state index is -0.346. The molecule has 0 saturated carbocycles. The predicted molar refractivity (Wildman–Crippen MR) is 135 cm³/mol. The number of benzene rings is 2. The summed E-state index contributed by atoms with van der Waals surface area (Å²) in [6.45, 7) is 1.02. The second kappa shape index (κ2) is 8.84. The van der Waals surface area contributed by atoms with Gasteiger partial charge in [-0.3, -0.25) is 4.57 Å². The Kier molecular flexibility index (Phi) is 5.37. The second-order valence-corrected chi connectivity index (χ2v) is 8.69. The van der Waals surface area contributed by atoms with Crippen molar-refractivity contribution in [3.63, 3.8) is 0 Å². The van der Waals surface area contributed by atoms with Crippen LogP contribution in [0.3, 0.4) is 0 Å². The number of hydrogen-bond acceptors (Lipinski definition) is 8. The predicted octanol–water partition coefficient (Wildman–Crippen LogP) is 3.33. The highest BCUT2D eigenvalue weighted by atomic mass is 16.6. The highest BCUT2D eigenvalue weighted by Gasteiger charge is 2.24. The molecule has 4 aromatic rings. The quantitative estimate of drug-likeness (QED) is 0.331. The summed E-state index contributed by atoms with van der Waals surface area (Å²) in [5, 5.41) is 7.58. The minimum absolute atomic E-state index is 0.183. The van der Waals surface area contributed by atoms with Crippen molar-refractivity contribution >= 4 is 11.9 Å². The molecule has 2 aliphatic rings. The summed E-state index contributed by atoms with van der Waals surface area (Å²) in [4.78, 5) is 21.0. The van der Waals surface area contributed by atoms with Crippen molar-refractivity contribution in [2.24, 2.45) is 0 Å². The fourth-order valence-electron chi connectivity index (χ4n) is 4.56. The van der Waals surface area contributed by atoms with Crippen LogP contribution in [0.2, 0.25) is 0 Å². The van der Waals surface area contributed by atoms with Gasteiger partial charge in [0, 0.05) is 41.8 Å². The van der Waals surface area contributed by atoms with Crippen molar-refractivity contribution < 1.29 is 14.2 Å². The molecule has 0 radical (unpaired) electrons. The first-order chi connectivity index (χ1) is 17.6. The van der Waals surface area contributed by atoms with E-state index in [0.717, 1.165) is 27.9 Å². The normalized spacial score (nSPS) is 15.5. The molecular formula is C27H23N5O4. The number of anilines is 1. The molecule has 2 aliphatic heterocycles. The van der Waals surface area contributed by atoms with Crippen molar-refractivity contribution in [1.82, 2.24) is 14.5 Å². The van der Waals surface area contributed by atoms with Gasteiger partial charge in [0.25, 0.3) is 5.88 Å². The second-order valence-electron chi connectivity index (χ2n) is 8.69. The molecule has 9 nitrogen and oxygen atoms in total. The van der Waals surface area contributed by atoms with Crippen molar-refractivity contribution in [2.75, 3.05) is 18.9 Å². The maximum Gasteiger partial charge on any atom is 0.351 e. The maximum atomic E-state index is 12.8. The maximum absolute atomic E-state index is 12.8. The number of fused-ring (bicyclic) bond motifs is 4. The first-order valence-corrected chi connectivity index (χ1v) is 11.6. The molecule has 2 aromatic carbocycles. The van der Waals surface area contributed by atoms with E-state index >= 15 is 0 Å². The van der Waals surface area contributed by atoms with Gasteiger partial charge in [0.1, 0.15) is 13.2 Å². The molecule has 6 rings (SSSR count). The smallest absolute Gasteiger partial charge is 0.351 e. The summed E-state index contributed by atoms with van der Waals surface area (Å²) in [5.74, 6) is 1.27. The van der Waals surface area contributed by atoms with Crippen molar-refractivity contribution in [3.8, 4) is 39.9 Å². The number of rotatable bonds is 5. The minimum Gasteiger partial charge on any atom is -0.478 e. The van der Waals surface area contributed by atoms with Crippen molar-refractivity contribution in [1.29, 1.82) is 5.41 Å². The lowest BCUT2D eigenvalue weighted by Crippen LogP contribution is -2.35. The molecule has 0 saturated heterocycles. The van der Waals surface area contributed by atoms with Gasteiger partial charge in [-0.25, -0.2) is 9.78 Å². The molecule has 1 unspecified atom stereocenters. The SMILES string of the molecule is N=Cc1cc(-c2ccc3c(c2)CCn2c-3cc(OCC3COc4ncccc4O3)nc2=O)ccc1N. The summed E-state index contributed by atoms with van der Waals surface area (Å²) < 4.78 is 19.1. The number of aromatic nitrogens is 3. The Morgan fingerprint density at radius 1 is 1.17 bits per heavy atom. The van der Waals surface area contributed by atoms with Crippen LogP contribution in [0.15, 0.2) is 65.6 Å². The molecule has 9 heteroatoms. The number of ether oxygens (including phenoxy) is 3. The fraction of sp³-hybridized carbons (Fsp3) is 0.185. The van der Waals surface area contributed by atoms with Gasteiger partial charge in [-0.15, -0.1) is 0 Å². The van der Waals surface area contributed by atoms with Crippen molar-refractivity contribution in [3.05, 3.63) is 82.4 Å². The van der Waals surface area contributed by atoms with Gasteiger partial charge >= 0.3 is 5.69 Å². The van der Waals surface area contributed by atoms with Gasteiger partial charge in [-0.05, 0) is 47.4 Å². The van der Waals surface area contributed by atoms with E-state index in [1.165, 1.54) is 6.21 Å². The van der Waals surface area contributed by atoms with Gasteiger partial charge in [0.15, 0.2) is 11.9 Å². The third kappa shape index (κ3) is 3.94. The Bertz CT molecular complexity index is 1550. The molecule has 4 heterocycles. The zero-order chi connectivity index (χ0) is 24.6. The summed E-state index contributed by atoms with van der Waals surface area (Å²) in [6.07, 6.45) is 3.27. The Balaban J connectivity index is 1.26. The number of nitrogens with one attached hydrogen (secondary N) is 1. The number of nitrogen functional groups attached to an aromatic ring is 1. The van der Waals surface area contributed by atoms with E-state index in [1.807, 2.05) is 30.3 Å². The van der Waals surface area contributed by atoms with Crippen LogP contribution in [0.4, 0.5) is 5.69 Å². The van der Waals surface area contributed by atoms with Crippen LogP contribution < -0.4 is 25.6 Å². The van der Waals surface area contributed by atoms with Crippen LogP contribution in [-0.2, 0) is 13.0 Å². The van der Waals surface area contributed by atoms with E-state index in [0.29, 0.717) is 42.5 Å². The molecule has 0 bridgehead atoms. The molecule has 0 fully saturated rings. The highest BCUT2D eigenvalue weighted by Crippen LogP contribution is 2.34. The first kappa shape index (κ1) is 21.8. The van der Waals surface area contributed by atoms with Gasteiger partial charge < -0.3 is 25.4 Å². The molecule has 3 N–H and O–H groups in total. The van der Waals surface area contributed by atoms with E-state index in [4.69, 9.17) is 25.4 Å². The zero-order valence-electron chi connectivity index (χ0n) is 19.3. The monoisotopic (exact) mass is 481 g/mol. The Labute approximate surface area is 206 Å². The van der Waals surface area contributed by atoms with E-state index in [-0.39, 0.29) is 24.3 Å². The third-order valence-electron chi connectivity index (χ3n) is 6.40. The van der Waals surface area contributed by atoms with Gasteiger partial charge in [0.2, 0.25) is 5.88 Å². The van der Waals surface area contributed by atoms with Gasteiger partial charge in [-0.2, -0.15) is 4.98 Å². The van der Waals surface area contributed by atoms with Gasteiger partial charge in [0.05, 0.1) is 5.69 Å². The first-order valence-electron chi connectivity index (χ1n) is 11.6. The molecule has 0 amide bonds. The molecule has 2 aromatic heterocycles. The van der Waals surface area contributed by atoms with Crippen molar-refractivity contribution in [2.45, 2.75) is 19.1 Å². The number of nitrogens with two attached hydrogens (primary N) is 1. The number of pyridine rings is 1. The number of nitrogens with zero attached hydrogens (tertiary/aromatic N) is 3. The molecular weight excluding hydrogens is 458 g/mol. The Morgan fingerprint density at radius 2 is 2.03 bits per heavy atom. The summed E-state index contributed by atoms with van der Waals surface area (Å²) in [7, 11) is 0. The lowest BCUT2D eigenvalue weighted by atomic mass is 9.92. The largest absolute Gasteiger partial charge is 0.478 e. The average molecular weight is 482 g/mol. The van der Waals surface area contributed by atoms with E-state index in [2.05, 4.69) is 16.0 Å². The van der Waals surface area contributed by atoms with Crippen LogP contribution in [0.25, 0.3) is 22.4 Å². The molecule has 0 aliphatic carbocycles. The Hall–Kier alpha value is -4.66. The van der Waals surface area contributed by atoms with Crippen LogP contribution >= 0.6 is 0 Å². The number of aryl methyl sites for hydroxylation is 1. The molecule has 180 valence electrons. The third-order valence-corrected chi connectivity index (χ3v) is 6.40. The average Bonchev–Trinajstić information content (AvgIpc) is 2.91. The molecule has 1 atom stereocenters. The van der Waals surface area contributed by atoms with Crippen LogP contribution in [0, 0.1) is 5.41 Å². The van der Waals surface area contributed by atoms with Crippen LogP contribution in [-0.4, -0.2) is 40.1 Å². The van der Waals surface area contributed by atoms with E-state index in [1.54, 1.807) is 29.0 Å². The van der Waals surface area contributed by atoms with E-state index < -0.39 is 0 Å². The summed E-state index contributed by atoms with van der Waals surface area (Å²) in [5.41, 5.74) is 11.7. The highest BCUT2D eigenvalue weighted by molar-refractivity contribution is 5.88. The zero-order valence-corrected chi connectivity index (χ0v) is 19.3. The van der Waals surface area contributed by atoms with E-state index in [9.17, 15) is 4.79 Å². The number of hydrogen-bond donors (Lipinski definition) is 2. The standard InChI is InChI=1S/C27H23N5O4/c28-13-19-11-17(4-6-22(19)29)16-3-5-21-18(10-16)7-9-32-23(21)12-25(31-27(32)33)34-14-20-15-35-26-24(36-20)2-1-8-30-26/h1-6,8,10-13,20,28H,7,9,14-15,29H2.